The molecule has 8 nitrogen and oxygen atoms in total. The molecule has 2 heterocycles. The van der Waals surface area contributed by atoms with Crippen LogP contribution in [0.1, 0.15) is 16.8 Å². The SMILES string of the molecule is COCCCN1C2=NS(=O)(=O)c3c(Cl)cccc3N2c2cc(C(=O)OC)ccc21. The fraction of sp³-hybridized carbons (Fsp3) is 0.263. The Labute approximate surface area is 173 Å². The highest BCUT2D eigenvalue weighted by Crippen LogP contribution is 2.48. The van der Waals surface area contributed by atoms with E-state index in [1.807, 2.05) is 0 Å². The molecule has 2 aliphatic rings. The second-order valence-corrected chi connectivity index (χ2v) is 8.43. The predicted octanol–water partition coefficient (Wildman–Crippen LogP) is 3.18. The van der Waals surface area contributed by atoms with E-state index < -0.39 is 16.0 Å². The minimum Gasteiger partial charge on any atom is -0.465 e. The van der Waals surface area contributed by atoms with Crippen molar-refractivity contribution in [2.45, 2.75) is 11.3 Å². The first kappa shape index (κ1) is 19.7. The van der Waals surface area contributed by atoms with Gasteiger partial charge < -0.3 is 14.4 Å². The topological polar surface area (TPSA) is 88.5 Å². The van der Waals surface area contributed by atoms with Crippen molar-refractivity contribution in [3.05, 3.63) is 47.0 Å². The lowest BCUT2D eigenvalue weighted by Crippen LogP contribution is -2.40. The van der Waals surface area contributed by atoms with Gasteiger partial charge in [0.2, 0.25) is 5.96 Å². The molecule has 0 bridgehead atoms. The van der Waals surface area contributed by atoms with Gasteiger partial charge in [-0.3, -0.25) is 4.90 Å². The smallest absolute Gasteiger partial charge is 0.337 e. The van der Waals surface area contributed by atoms with Crippen molar-refractivity contribution in [2.24, 2.45) is 4.40 Å². The number of carbonyl (C=O) groups excluding carboxylic acids is 1. The molecule has 0 N–H and O–H groups in total. The van der Waals surface area contributed by atoms with Crippen LogP contribution in [0.5, 0.6) is 0 Å². The number of anilines is 3. The van der Waals surface area contributed by atoms with Crippen LogP contribution in [0.25, 0.3) is 0 Å². The Kier molecular flexibility index (Phi) is 4.97. The normalized spacial score (nSPS) is 16.0. The zero-order valence-electron chi connectivity index (χ0n) is 15.8. The molecule has 2 aromatic rings. The minimum atomic E-state index is -3.99. The molecular weight excluding hydrogens is 418 g/mol. The average Bonchev–Trinajstić information content (AvgIpc) is 2.99. The molecular formula is C19H18ClN3O5S. The van der Waals surface area contributed by atoms with E-state index in [1.54, 1.807) is 47.2 Å². The quantitative estimate of drug-likeness (QED) is 0.526. The summed E-state index contributed by atoms with van der Waals surface area (Å²) in [6.45, 7) is 0.994. The number of halogens is 1. The van der Waals surface area contributed by atoms with Gasteiger partial charge in [0.05, 0.1) is 34.8 Å². The van der Waals surface area contributed by atoms with Gasteiger partial charge in [0.25, 0.3) is 10.0 Å². The molecule has 0 saturated heterocycles. The summed E-state index contributed by atoms with van der Waals surface area (Å²) in [6, 6.07) is 9.91. The molecule has 0 saturated carbocycles. The molecule has 2 aromatic carbocycles. The van der Waals surface area contributed by atoms with Gasteiger partial charge in [-0.1, -0.05) is 17.7 Å². The van der Waals surface area contributed by atoms with Crippen molar-refractivity contribution in [3.63, 3.8) is 0 Å². The fourth-order valence-corrected chi connectivity index (χ4v) is 5.20. The van der Waals surface area contributed by atoms with E-state index in [9.17, 15) is 13.2 Å². The Morgan fingerprint density at radius 3 is 2.66 bits per heavy atom. The zero-order valence-corrected chi connectivity index (χ0v) is 17.3. The molecule has 0 amide bonds. The molecule has 152 valence electrons. The zero-order chi connectivity index (χ0) is 20.8. The highest BCUT2D eigenvalue weighted by molar-refractivity contribution is 7.90. The van der Waals surface area contributed by atoms with Gasteiger partial charge in [0, 0.05) is 20.3 Å². The van der Waals surface area contributed by atoms with Crippen LogP contribution < -0.4 is 9.80 Å². The lowest BCUT2D eigenvalue weighted by molar-refractivity contribution is 0.0601. The first-order valence-electron chi connectivity index (χ1n) is 8.81. The van der Waals surface area contributed by atoms with E-state index in [4.69, 9.17) is 21.1 Å². The molecule has 0 atom stereocenters. The van der Waals surface area contributed by atoms with Gasteiger partial charge in [0.15, 0.2) is 0 Å². The van der Waals surface area contributed by atoms with E-state index >= 15 is 0 Å². The molecule has 0 aliphatic carbocycles. The number of nitrogens with zero attached hydrogens (tertiary/aromatic N) is 3. The number of methoxy groups -OCH3 is 2. The van der Waals surface area contributed by atoms with Crippen LogP contribution in [0.15, 0.2) is 45.7 Å². The molecule has 10 heteroatoms. The van der Waals surface area contributed by atoms with Crippen LogP contribution in [0, 0.1) is 0 Å². The standard InChI is InChI=1S/C19H18ClN3O5S/c1-27-10-4-9-22-14-8-7-12(18(24)28-2)11-16(14)23-15-6-3-5-13(20)17(15)29(25,26)21-19(22)23/h3,5-8,11H,4,9-10H2,1-2H3. The highest BCUT2D eigenvalue weighted by atomic mass is 35.5. The first-order chi connectivity index (χ1) is 13.9. The maximum absolute atomic E-state index is 12.9. The van der Waals surface area contributed by atoms with Crippen LogP contribution in [0.3, 0.4) is 0 Å². The van der Waals surface area contributed by atoms with Crippen LogP contribution in [-0.4, -0.2) is 47.7 Å². The Balaban J connectivity index is 1.93. The molecule has 0 unspecified atom stereocenters. The number of rotatable bonds is 5. The van der Waals surface area contributed by atoms with E-state index in [2.05, 4.69) is 4.40 Å². The van der Waals surface area contributed by atoms with Crippen molar-refractivity contribution >= 4 is 50.6 Å². The summed E-state index contributed by atoms with van der Waals surface area (Å²) >= 11 is 6.21. The van der Waals surface area contributed by atoms with E-state index in [-0.39, 0.29) is 15.9 Å². The van der Waals surface area contributed by atoms with Crippen LogP contribution in [0.4, 0.5) is 17.1 Å². The number of fused-ring (bicyclic) bond motifs is 5. The Hall–Kier alpha value is -2.62. The van der Waals surface area contributed by atoms with E-state index in [1.165, 1.54) is 13.2 Å². The average molecular weight is 436 g/mol. The number of ether oxygens (including phenoxy) is 2. The molecule has 2 aliphatic heterocycles. The van der Waals surface area contributed by atoms with Gasteiger partial charge in [-0.05, 0) is 36.8 Å². The van der Waals surface area contributed by atoms with Crippen LogP contribution >= 0.6 is 11.6 Å². The second-order valence-electron chi connectivity index (χ2n) is 6.48. The monoisotopic (exact) mass is 435 g/mol. The van der Waals surface area contributed by atoms with Crippen molar-refractivity contribution in [3.8, 4) is 0 Å². The summed E-state index contributed by atoms with van der Waals surface area (Å²) in [5.41, 5.74) is 2.10. The number of benzene rings is 2. The number of hydrogen-bond donors (Lipinski definition) is 0. The number of hydrogen-bond acceptors (Lipinski definition) is 7. The third-order valence-electron chi connectivity index (χ3n) is 4.75. The molecule has 0 fully saturated rings. The van der Waals surface area contributed by atoms with Crippen LogP contribution in [-0.2, 0) is 19.5 Å². The Morgan fingerprint density at radius 1 is 1.14 bits per heavy atom. The van der Waals surface area contributed by atoms with Gasteiger partial charge in [-0.25, -0.2) is 4.79 Å². The maximum atomic E-state index is 12.9. The second kappa shape index (κ2) is 7.33. The first-order valence-corrected chi connectivity index (χ1v) is 10.6. The van der Waals surface area contributed by atoms with Crippen molar-refractivity contribution in [1.29, 1.82) is 0 Å². The Morgan fingerprint density at radius 2 is 1.93 bits per heavy atom. The van der Waals surface area contributed by atoms with E-state index in [0.29, 0.717) is 36.5 Å². The molecule has 0 aromatic heterocycles. The van der Waals surface area contributed by atoms with Crippen molar-refractivity contribution < 1.29 is 22.7 Å². The maximum Gasteiger partial charge on any atom is 0.337 e. The molecule has 0 radical (unpaired) electrons. The van der Waals surface area contributed by atoms with Gasteiger partial charge in [0.1, 0.15) is 4.90 Å². The van der Waals surface area contributed by atoms with Gasteiger partial charge >= 0.3 is 5.97 Å². The number of sulfonamides is 1. The van der Waals surface area contributed by atoms with E-state index in [0.717, 1.165) is 5.69 Å². The largest absolute Gasteiger partial charge is 0.465 e. The number of carbonyl (C=O) groups is 1. The highest BCUT2D eigenvalue weighted by Gasteiger charge is 2.42. The fourth-order valence-electron chi connectivity index (χ4n) is 3.51. The van der Waals surface area contributed by atoms with Crippen molar-refractivity contribution in [1.82, 2.24) is 0 Å². The van der Waals surface area contributed by atoms with Crippen LogP contribution in [0.2, 0.25) is 5.02 Å². The number of esters is 1. The third-order valence-corrected chi connectivity index (χ3v) is 6.52. The summed E-state index contributed by atoms with van der Waals surface area (Å²) in [4.78, 5) is 15.5. The number of guanidine groups is 1. The van der Waals surface area contributed by atoms with Gasteiger partial charge in [-0.2, -0.15) is 8.42 Å². The lowest BCUT2D eigenvalue weighted by atomic mass is 10.1. The molecule has 0 spiro atoms. The van der Waals surface area contributed by atoms with Gasteiger partial charge in [-0.15, -0.1) is 4.40 Å². The Bertz CT molecular complexity index is 1130. The van der Waals surface area contributed by atoms with Crippen molar-refractivity contribution in [2.75, 3.05) is 37.2 Å². The minimum absolute atomic E-state index is 0.0569. The summed E-state index contributed by atoms with van der Waals surface area (Å²) in [7, 11) is -1.08. The summed E-state index contributed by atoms with van der Waals surface area (Å²) < 4.78 is 39.7. The molecule has 4 rings (SSSR count). The molecule has 29 heavy (non-hydrogen) atoms. The summed E-state index contributed by atoms with van der Waals surface area (Å²) in [5, 5.41) is 0.0915. The summed E-state index contributed by atoms with van der Waals surface area (Å²) in [5.74, 6) is -0.243. The third kappa shape index (κ3) is 3.15. The predicted molar refractivity (Wildman–Crippen MR) is 110 cm³/mol. The lowest BCUT2D eigenvalue weighted by Gasteiger charge is -2.28. The summed E-state index contributed by atoms with van der Waals surface area (Å²) in [6.07, 6.45) is 0.657.